The molecule has 2 saturated heterocycles. The summed E-state index contributed by atoms with van der Waals surface area (Å²) in [5.41, 5.74) is 15.9. The molecule has 0 radical (unpaired) electrons. The number of benzene rings is 2. The van der Waals surface area contributed by atoms with Gasteiger partial charge in [0.05, 0.1) is 38.0 Å². The Labute approximate surface area is 458 Å². The van der Waals surface area contributed by atoms with E-state index in [1.165, 1.54) is 0 Å². The molecule has 6 N–H and O–H groups in total. The molecule has 16 nitrogen and oxygen atoms in total. The van der Waals surface area contributed by atoms with Crippen LogP contribution in [0.1, 0.15) is 88.2 Å². The summed E-state index contributed by atoms with van der Waals surface area (Å²) in [6, 6.07) is 12.5. The maximum Gasteiger partial charge on any atom is 0.323 e. The number of nitrogens with zero attached hydrogens (tertiary/aromatic N) is 4. The van der Waals surface area contributed by atoms with Gasteiger partial charge in [-0.25, -0.2) is 0 Å². The Hall–Kier alpha value is -3.16. The third-order valence-corrected chi connectivity index (χ3v) is 13.2. The molecule has 2 aliphatic heterocycles. The number of rotatable bonds is 37. The number of hydrogen-bond donors (Lipinski definition) is 4. The van der Waals surface area contributed by atoms with Crippen molar-refractivity contribution in [1.82, 2.24) is 20.4 Å². The van der Waals surface area contributed by atoms with Crippen molar-refractivity contribution in [1.29, 1.82) is 0 Å². The molecule has 0 saturated carbocycles. The second kappa shape index (κ2) is 36.7. The summed E-state index contributed by atoms with van der Waals surface area (Å²) >= 11 is 23.7. The quantitative estimate of drug-likeness (QED) is 0.0267. The molecule has 2 aromatic rings. The Balaban J connectivity index is 0.00000888. The minimum absolute atomic E-state index is 0. The molecular formula is C50H76Cl6N8O8. The molecular weight excluding hydrogens is 1050 g/mol. The van der Waals surface area contributed by atoms with Crippen LogP contribution in [0, 0.1) is 0 Å². The number of anilines is 2. The first kappa shape index (κ1) is 65.0. The van der Waals surface area contributed by atoms with Gasteiger partial charge in [0.1, 0.15) is 25.3 Å². The molecule has 0 aliphatic carbocycles. The van der Waals surface area contributed by atoms with E-state index in [1.54, 1.807) is 0 Å². The number of nitrogens with two attached hydrogens (primary N) is 2. The number of carbonyl (C=O) groups excluding carboxylic acids is 6. The zero-order valence-electron chi connectivity index (χ0n) is 41.3. The number of ether oxygens (including phenoxy) is 2. The Bertz CT molecular complexity index is 1780. The third-order valence-electron chi connectivity index (χ3n) is 12.5. The summed E-state index contributed by atoms with van der Waals surface area (Å²) in [6.07, 6.45) is 11.4. The van der Waals surface area contributed by atoms with Gasteiger partial charge in [-0.05, 0) is 74.2 Å². The fraction of sp³-hybridized carbons (Fsp3) is 0.640. The number of alkyl halides is 4. The second-order valence-electron chi connectivity index (χ2n) is 17.7. The molecule has 0 aromatic heterocycles. The fourth-order valence-corrected chi connectivity index (χ4v) is 9.39. The lowest BCUT2D eigenvalue weighted by atomic mass is 10.1. The molecule has 406 valence electrons. The van der Waals surface area contributed by atoms with E-state index in [-0.39, 0.29) is 100 Å². The smallest absolute Gasteiger partial charge is 0.323 e. The Morgan fingerprint density at radius 2 is 0.847 bits per heavy atom. The maximum absolute atomic E-state index is 12.9. The summed E-state index contributed by atoms with van der Waals surface area (Å²) in [4.78, 5) is 82.7. The van der Waals surface area contributed by atoms with Gasteiger partial charge in [0.15, 0.2) is 0 Å². The number of hydrogen-bond acceptors (Lipinski definition) is 14. The molecule has 2 heterocycles. The number of imide groups is 2. The largest absolute Gasteiger partial charge is 0.463 e. The SMILES string of the molecule is Cl.Cl.N[C@@H](Cc1ccc(N(CCCl)CCCl)cc1)C(=O)OCCN1C(=O)CC(NCCCCCCCCCCCCNC2CC(=O)N(CCOC(=O)[C@@H](N)Cc3ccc(N(CCCl)CCCl)cc3)C2=O)C1=O. The van der Waals surface area contributed by atoms with Crippen LogP contribution >= 0.6 is 71.2 Å². The lowest BCUT2D eigenvalue weighted by molar-refractivity contribution is -0.149. The van der Waals surface area contributed by atoms with Gasteiger partial charge in [-0.1, -0.05) is 75.6 Å². The first-order valence-corrected chi connectivity index (χ1v) is 27.0. The van der Waals surface area contributed by atoms with Crippen molar-refractivity contribution in [2.45, 2.75) is 114 Å². The predicted molar refractivity (Wildman–Crippen MR) is 292 cm³/mol. The van der Waals surface area contributed by atoms with E-state index in [1.807, 2.05) is 48.5 Å². The van der Waals surface area contributed by atoms with Crippen LogP contribution in [0.25, 0.3) is 0 Å². The Kier molecular flexibility index (Phi) is 33.1. The predicted octanol–water partition coefficient (Wildman–Crippen LogP) is 5.96. The van der Waals surface area contributed by atoms with Crippen LogP contribution in [0.2, 0.25) is 0 Å². The van der Waals surface area contributed by atoms with Crippen molar-refractivity contribution in [2.75, 3.05) is 98.9 Å². The highest BCUT2D eigenvalue weighted by Gasteiger charge is 2.39. The number of esters is 2. The molecule has 2 unspecified atom stereocenters. The maximum atomic E-state index is 12.9. The lowest BCUT2D eigenvalue weighted by Crippen LogP contribution is -2.41. The van der Waals surface area contributed by atoms with E-state index in [9.17, 15) is 28.8 Å². The van der Waals surface area contributed by atoms with Crippen LogP contribution in [0.4, 0.5) is 11.4 Å². The topological polar surface area (TPSA) is 210 Å². The molecule has 2 aliphatic rings. The number of likely N-dealkylation sites (tertiary alicyclic amines) is 2. The van der Waals surface area contributed by atoms with Crippen LogP contribution in [-0.4, -0.2) is 159 Å². The third kappa shape index (κ3) is 22.4. The van der Waals surface area contributed by atoms with Crippen LogP contribution in [0.5, 0.6) is 0 Å². The second-order valence-corrected chi connectivity index (χ2v) is 19.3. The van der Waals surface area contributed by atoms with Crippen molar-refractivity contribution in [3.63, 3.8) is 0 Å². The lowest BCUT2D eigenvalue weighted by Gasteiger charge is -2.23. The molecule has 0 bridgehead atoms. The standard InChI is InChI=1S/C50H74Cl4N8O8.2ClH/c51-19-25-59(26-20-52)39-15-11-37(12-16-39)33-41(55)49(67)69-31-29-61-45(63)35-43(47(61)65)57-23-9-7-5-3-1-2-4-6-8-10-24-58-44-36-46(64)62(48(44)66)30-32-70-50(68)42(56)34-38-13-17-40(18-14-38)60(27-21-53)28-22-54;;/h11-18,41-44,57-58H,1-10,19-36,55-56H2;2*1H/t41-,42-,43?,44?;;/m0../s1. The van der Waals surface area contributed by atoms with Gasteiger partial charge in [-0.2, -0.15) is 0 Å². The van der Waals surface area contributed by atoms with Crippen molar-refractivity contribution in [3.05, 3.63) is 59.7 Å². The van der Waals surface area contributed by atoms with E-state index in [4.69, 9.17) is 67.3 Å². The van der Waals surface area contributed by atoms with E-state index < -0.39 is 36.1 Å². The van der Waals surface area contributed by atoms with Crippen molar-refractivity contribution in [3.8, 4) is 0 Å². The van der Waals surface area contributed by atoms with Crippen LogP contribution < -0.4 is 31.9 Å². The van der Waals surface area contributed by atoms with Gasteiger partial charge in [0, 0.05) is 61.1 Å². The van der Waals surface area contributed by atoms with Gasteiger partial charge in [-0.15, -0.1) is 71.2 Å². The summed E-state index contributed by atoms with van der Waals surface area (Å²) in [5.74, 6) is -0.446. The number of unbranched alkanes of at least 4 members (excludes halogenated alkanes) is 9. The fourth-order valence-electron chi connectivity index (χ4n) is 8.57. The molecule has 22 heteroatoms. The van der Waals surface area contributed by atoms with Gasteiger partial charge >= 0.3 is 11.9 Å². The highest BCUT2D eigenvalue weighted by Crippen LogP contribution is 2.20. The van der Waals surface area contributed by atoms with Crippen LogP contribution in [-0.2, 0) is 51.1 Å². The average Bonchev–Trinajstić information content (AvgIpc) is 3.78. The van der Waals surface area contributed by atoms with Gasteiger partial charge in [-0.3, -0.25) is 38.6 Å². The number of nitrogens with one attached hydrogen (secondary N) is 2. The van der Waals surface area contributed by atoms with Gasteiger partial charge in [0.2, 0.25) is 23.6 Å². The Morgan fingerprint density at radius 3 is 1.15 bits per heavy atom. The number of carbonyl (C=O) groups is 6. The number of amides is 4. The van der Waals surface area contributed by atoms with E-state index in [2.05, 4.69) is 20.4 Å². The van der Waals surface area contributed by atoms with Gasteiger partial charge < -0.3 is 41.4 Å². The zero-order valence-corrected chi connectivity index (χ0v) is 45.9. The molecule has 4 amide bonds. The first-order chi connectivity index (χ1) is 33.9. The highest BCUT2D eigenvalue weighted by atomic mass is 35.5. The summed E-state index contributed by atoms with van der Waals surface area (Å²) < 4.78 is 10.7. The minimum Gasteiger partial charge on any atom is -0.463 e. The highest BCUT2D eigenvalue weighted by molar-refractivity contribution is 6.19. The van der Waals surface area contributed by atoms with Crippen LogP contribution in [0.3, 0.4) is 0 Å². The average molecular weight is 1130 g/mol. The molecule has 72 heavy (non-hydrogen) atoms. The van der Waals surface area contributed by atoms with Crippen molar-refractivity contribution < 1.29 is 38.2 Å². The summed E-state index contributed by atoms with van der Waals surface area (Å²) in [7, 11) is 0. The van der Waals surface area contributed by atoms with Gasteiger partial charge in [0.25, 0.3) is 0 Å². The molecule has 2 aromatic carbocycles. The Morgan fingerprint density at radius 1 is 0.542 bits per heavy atom. The monoisotopic (exact) mass is 1130 g/mol. The molecule has 4 rings (SSSR count). The van der Waals surface area contributed by atoms with Crippen molar-refractivity contribution >= 4 is 118 Å². The number of halogens is 6. The molecule has 0 spiro atoms. The normalized spacial score (nSPS) is 16.4. The summed E-state index contributed by atoms with van der Waals surface area (Å²) in [5, 5.41) is 6.45. The van der Waals surface area contributed by atoms with E-state index in [0.29, 0.717) is 62.8 Å². The molecule has 4 atom stereocenters. The van der Waals surface area contributed by atoms with Crippen LogP contribution in [0.15, 0.2) is 48.5 Å². The summed E-state index contributed by atoms with van der Waals surface area (Å²) in [6.45, 7) is 3.71. The van der Waals surface area contributed by atoms with E-state index >= 15 is 0 Å². The zero-order chi connectivity index (χ0) is 50.7. The van der Waals surface area contributed by atoms with Crippen molar-refractivity contribution in [2.24, 2.45) is 11.5 Å². The molecule has 2 fully saturated rings. The minimum atomic E-state index is -0.886. The van der Waals surface area contributed by atoms with E-state index in [0.717, 1.165) is 96.5 Å². The first-order valence-electron chi connectivity index (χ1n) is 24.8.